The van der Waals surface area contributed by atoms with E-state index in [1.807, 2.05) is 0 Å². The lowest BCUT2D eigenvalue weighted by Gasteiger charge is -2.45. The van der Waals surface area contributed by atoms with Crippen molar-refractivity contribution in [1.82, 2.24) is 4.98 Å². The number of primary amides is 1. The van der Waals surface area contributed by atoms with E-state index in [-0.39, 0.29) is 42.1 Å². The molecule has 0 aliphatic heterocycles. The van der Waals surface area contributed by atoms with Crippen LogP contribution in [0.3, 0.4) is 0 Å². The Morgan fingerprint density at radius 3 is 2.46 bits per heavy atom. The molecular weight excluding hydrogens is 482 g/mol. The molecule has 2 amide bonds. The van der Waals surface area contributed by atoms with Crippen molar-refractivity contribution in [3.63, 3.8) is 0 Å². The van der Waals surface area contributed by atoms with Gasteiger partial charge in [0, 0.05) is 36.6 Å². The van der Waals surface area contributed by atoms with Gasteiger partial charge in [0.05, 0.1) is 5.56 Å². The maximum Gasteiger partial charge on any atom is 0.255 e. The van der Waals surface area contributed by atoms with E-state index in [2.05, 4.69) is 10.3 Å². The van der Waals surface area contributed by atoms with Crippen LogP contribution < -0.4 is 11.1 Å². The van der Waals surface area contributed by atoms with Crippen LogP contribution in [0.25, 0.3) is 11.1 Å². The quantitative estimate of drug-likeness (QED) is 0.335. The van der Waals surface area contributed by atoms with E-state index in [4.69, 9.17) is 5.73 Å². The van der Waals surface area contributed by atoms with Crippen molar-refractivity contribution in [2.75, 3.05) is 5.32 Å². The smallest absolute Gasteiger partial charge is 0.255 e. The van der Waals surface area contributed by atoms with E-state index < -0.39 is 52.0 Å². The average molecular weight is 505 g/mol. The van der Waals surface area contributed by atoms with E-state index >= 15 is 0 Å². The largest absolute Gasteiger partial charge is 0.511 e. The normalized spacial score (nSPS) is 24.8. The first-order valence-electron chi connectivity index (χ1n) is 11.5. The van der Waals surface area contributed by atoms with E-state index in [1.54, 1.807) is 18.2 Å². The number of rotatable bonds is 3. The number of fused-ring (bicyclic) bond motifs is 3. The molecule has 1 heterocycles. The minimum atomic E-state index is -2.60. The second-order valence-electron chi connectivity index (χ2n) is 9.51. The maximum atomic E-state index is 13.6. The fraction of sp³-hybridized carbons (Fsp3) is 0.269. The molecular formula is C26H23N3O8. The molecule has 37 heavy (non-hydrogen) atoms. The Morgan fingerprint density at radius 2 is 1.84 bits per heavy atom. The number of hydrogen-bond acceptors (Lipinski definition) is 9. The number of carbonyl (C=O) groups is 4. The molecule has 11 heteroatoms. The third-order valence-electron chi connectivity index (χ3n) is 7.32. The topological polar surface area (TPSA) is 200 Å². The van der Waals surface area contributed by atoms with Gasteiger partial charge in [0.1, 0.15) is 28.7 Å². The van der Waals surface area contributed by atoms with Gasteiger partial charge in [-0.2, -0.15) is 0 Å². The molecule has 0 bridgehead atoms. The number of ketones is 2. The SMILES string of the molecule is CC(=O)Nc1ccc(-c2ccc(O)c3c2C[C@H]2C[C@H]4CC(O)=C(C(N)=O)C(=O)[C@@]4(O)C(O)=C2C3=O)cn1. The van der Waals surface area contributed by atoms with Crippen molar-refractivity contribution in [1.29, 1.82) is 0 Å². The van der Waals surface area contributed by atoms with Crippen LogP contribution in [0.2, 0.25) is 0 Å². The predicted octanol–water partition coefficient (Wildman–Crippen LogP) is 1.60. The molecule has 0 spiro atoms. The second-order valence-corrected chi connectivity index (χ2v) is 9.51. The van der Waals surface area contributed by atoms with Gasteiger partial charge in [-0.05, 0) is 48.1 Å². The van der Waals surface area contributed by atoms with Crippen molar-refractivity contribution >= 4 is 29.2 Å². The minimum Gasteiger partial charge on any atom is -0.511 e. The van der Waals surface area contributed by atoms with Crippen LogP contribution >= 0.6 is 0 Å². The number of aromatic hydroxyl groups is 1. The van der Waals surface area contributed by atoms with Crippen molar-refractivity contribution in [3.8, 4) is 16.9 Å². The molecule has 7 N–H and O–H groups in total. The molecule has 1 aromatic carbocycles. The highest BCUT2D eigenvalue weighted by Crippen LogP contribution is 2.52. The zero-order valence-electron chi connectivity index (χ0n) is 19.6. The molecule has 5 rings (SSSR count). The molecule has 3 atom stereocenters. The summed E-state index contributed by atoms with van der Waals surface area (Å²) in [5.41, 5.74) is 3.19. The molecule has 0 saturated heterocycles. The van der Waals surface area contributed by atoms with Crippen LogP contribution in [0.5, 0.6) is 5.75 Å². The van der Waals surface area contributed by atoms with Gasteiger partial charge >= 0.3 is 0 Å². The third kappa shape index (κ3) is 3.50. The van der Waals surface area contributed by atoms with Crippen molar-refractivity contribution in [2.45, 2.75) is 31.8 Å². The molecule has 0 radical (unpaired) electrons. The van der Waals surface area contributed by atoms with Crippen LogP contribution in [0.4, 0.5) is 5.82 Å². The van der Waals surface area contributed by atoms with Gasteiger partial charge < -0.3 is 31.5 Å². The molecule has 3 aliphatic rings. The van der Waals surface area contributed by atoms with E-state index in [0.717, 1.165) is 0 Å². The van der Waals surface area contributed by atoms with E-state index in [1.165, 1.54) is 19.2 Å². The summed E-state index contributed by atoms with van der Waals surface area (Å²) in [5.74, 6) is -6.69. The Kier molecular flexibility index (Phi) is 5.41. The fourth-order valence-corrected chi connectivity index (χ4v) is 5.70. The number of aliphatic hydroxyl groups excluding tert-OH is 2. The van der Waals surface area contributed by atoms with Crippen molar-refractivity contribution in [3.05, 3.63) is 64.3 Å². The lowest BCUT2D eigenvalue weighted by atomic mass is 9.60. The number of carbonyl (C=O) groups excluding carboxylic acids is 4. The molecule has 1 aromatic heterocycles. The lowest BCUT2D eigenvalue weighted by Crippen LogP contribution is -2.57. The van der Waals surface area contributed by atoms with Crippen molar-refractivity contribution in [2.24, 2.45) is 17.6 Å². The standard InChI is InChI=1S/C26H23N3O8/c1-10(30)29-18-5-2-11(9-28-18)14-3-4-16(31)20-15(14)7-12-6-13-8-17(32)21(25(27)36)24(35)26(13,37)23(34)19(12)22(20)33/h2-5,9,12-13,31-32,34,37H,6-8H2,1H3,(H2,27,36)(H,28,29,30)/t12-,13+,26+/m1/s1. The number of nitrogens with one attached hydrogen (secondary N) is 1. The highest BCUT2D eigenvalue weighted by molar-refractivity contribution is 6.24. The zero-order valence-corrected chi connectivity index (χ0v) is 19.6. The number of benzene rings is 1. The number of aliphatic hydroxyl groups is 3. The summed E-state index contributed by atoms with van der Waals surface area (Å²) in [5, 5.41) is 45.8. The highest BCUT2D eigenvalue weighted by atomic mass is 16.3. The van der Waals surface area contributed by atoms with Gasteiger partial charge in [-0.15, -0.1) is 0 Å². The number of nitrogens with zero attached hydrogens (tertiary/aromatic N) is 1. The Hall–Kier alpha value is -4.51. The van der Waals surface area contributed by atoms with Crippen LogP contribution in [0.15, 0.2) is 53.1 Å². The first-order valence-corrected chi connectivity index (χ1v) is 11.5. The number of aromatic nitrogens is 1. The Balaban J connectivity index is 1.62. The molecule has 0 saturated carbocycles. The van der Waals surface area contributed by atoms with Gasteiger partial charge in [-0.3, -0.25) is 19.2 Å². The number of amides is 2. The number of phenolic OH excluding ortho intramolecular Hbond substituents is 1. The minimum absolute atomic E-state index is 0.0394. The van der Waals surface area contributed by atoms with Crippen LogP contribution in [-0.4, -0.2) is 54.4 Å². The first-order chi connectivity index (χ1) is 17.4. The van der Waals surface area contributed by atoms with Crippen LogP contribution in [-0.2, 0) is 20.8 Å². The monoisotopic (exact) mass is 505 g/mol. The molecule has 11 nitrogen and oxygen atoms in total. The number of nitrogens with two attached hydrogens (primary N) is 1. The lowest BCUT2D eigenvalue weighted by molar-refractivity contribution is -0.144. The molecule has 0 unspecified atom stereocenters. The number of hydrogen-bond donors (Lipinski definition) is 6. The van der Waals surface area contributed by atoms with Gasteiger partial charge in [-0.25, -0.2) is 4.98 Å². The Bertz CT molecular complexity index is 1470. The summed E-state index contributed by atoms with van der Waals surface area (Å²) in [4.78, 5) is 53.9. The summed E-state index contributed by atoms with van der Waals surface area (Å²) < 4.78 is 0. The molecule has 0 fully saturated rings. The third-order valence-corrected chi connectivity index (χ3v) is 7.32. The van der Waals surface area contributed by atoms with Crippen LogP contribution in [0.1, 0.15) is 35.7 Å². The number of Topliss-reactive ketones (excluding diaryl/α,β-unsaturated/α-hetero) is 2. The Morgan fingerprint density at radius 1 is 1.11 bits per heavy atom. The summed E-state index contributed by atoms with van der Waals surface area (Å²) in [7, 11) is 0. The number of allylic oxidation sites excluding steroid dienone is 2. The summed E-state index contributed by atoms with van der Waals surface area (Å²) >= 11 is 0. The summed E-state index contributed by atoms with van der Waals surface area (Å²) in [6.45, 7) is 1.35. The average Bonchev–Trinajstić information content (AvgIpc) is 2.81. The second kappa shape index (κ2) is 8.27. The fourth-order valence-electron chi connectivity index (χ4n) is 5.70. The predicted molar refractivity (Wildman–Crippen MR) is 128 cm³/mol. The number of anilines is 1. The van der Waals surface area contributed by atoms with Gasteiger partial charge in [-0.1, -0.05) is 6.07 Å². The van der Waals surface area contributed by atoms with Gasteiger partial charge in [0.15, 0.2) is 11.4 Å². The van der Waals surface area contributed by atoms with Crippen LogP contribution in [0, 0.1) is 11.8 Å². The molecule has 190 valence electrons. The Labute approximate surface area is 209 Å². The van der Waals surface area contributed by atoms with Gasteiger partial charge in [0.2, 0.25) is 11.7 Å². The van der Waals surface area contributed by atoms with E-state index in [9.17, 15) is 39.6 Å². The molecule has 2 aromatic rings. The van der Waals surface area contributed by atoms with Gasteiger partial charge in [0.25, 0.3) is 5.91 Å². The van der Waals surface area contributed by atoms with Crippen molar-refractivity contribution < 1.29 is 39.6 Å². The number of phenols is 1. The summed E-state index contributed by atoms with van der Waals surface area (Å²) in [6, 6.07) is 6.25. The zero-order chi connectivity index (χ0) is 26.8. The molecule has 3 aliphatic carbocycles. The first kappa shape index (κ1) is 24.2. The highest BCUT2D eigenvalue weighted by Gasteiger charge is 2.59. The maximum absolute atomic E-state index is 13.6. The number of pyridine rings is 1. The summed E-state index contributed by atoms with van der Waals surface area (Å²) in [6.07, 6.45) is 1.43. The van der Waals surface area contributed by atoms with E-state index in [0.29, 0.717) is 22.5 Å².